The van der Waals surface area contributed by atoms with Gasteiger partial charge in [-0.25, -0.2) is 0 Å². The summed E-state index contributed by atoms with van der Waals surface area (Å²) in [5.41, 5.74) is 4.49. The highest BCUT2D eigenvalue weighted by atomic mass is 16.3. The molecule has 0 bridgehead atoms. The molecule has 30 heavy (non-hydrogen) atoms. The Labute approximate surface area is 177 Å². The zero-order valence-corrected chi connectivity index (χ0v) is 17.4. The zero-order valence-electron chi connectivity index (χ0n) is 17.4. The Morgan fingerprint density at radius 1 is 1.00 bits per heavy atom. The van der Waals surface area contributed by atoms with Gasteiger partial charge in [0.25, 0.3) is 11.8 Å². The first kappa shape index (κ1) is 22.0. The molecule has 160 valence electrons. The number of amides is 2. The Hall–Kier alpha value is -2.70. The lowest BCUT2D eigenvalue weighted by Crippen LogP contribution is -2.50. The predicted octanol–water partition coefficient (Wildman–Crippen LogP) is 2.27. The van der Waals surface area contributed by atoms with Gasteiger partial charge in [0.15, 0.2) is 12.2 Å². The lowest BCUT2D eigenvalue weighted by atomic mass is 9.96. The van der Waals surface area contributed by atoms with Crippen molar-refractivity contribution in [3.05, 3.63) is 59.7 Å². The van der Waals surface area contributed by atoms with E-state index in [9.17, 15) is 19.8 Å². The summed E-state index contributed by atoms with van der Waals surface area (Å²) in [7, 11) is 0. The number of aliphatic hydroxyl groups is 2. The van der Waals surface area contributed by atoms with Crippen molar-refractivity contribution in [3.63, 3.8) is 0 Å². The molecular weight excluding hydrogens is 380 g/mol. The molecule has 2 amide bonds. The number of rotatable bonds is 8. The Morgan fingerprint density at radius 2 is 1.67 bits per heavy atom. The van der Waals surface area contributed by atoms with Crippen LogP contribution in [0.5, 0.6) is 0 Å². The van der Waals surface area contributed by atoms with E-state index in [1.807, 2.05) is 36.4 Å². The highest BCUT2D eigenvalue weighted by Gasteiger charge is 2.34. The van der Waals surface area contributed by atoms with Crippen molar-refractivity contribution in [2.45, 2.75) is 51.4 Å². The second kappa shape index (κ2) is 10.4. The van der Waals surface area contributed by atoms with E-state index < -0.39 is 24.0 Å². The Kier molecular flexibility index (Phi) is 7.60. The fourth-order valence-corrected chi connectivity index (χ4v) is 3.79. The molecule has 1 fully saturated rings. The molecule has 1 heterocycles. The van der Waals surface area contributed by atoms with E-state index in [1.165, 1.54) is 16.0 Å². The minimum absolute atomic E-state index is 0.206. The van der Waals surface area contributed by atoms with E-state index in [0.29, 0.717) is 13.1 Å². The molecule has 0 aromatic heterocycles. The SMILES string of the molecule is CCCc1ccccc1-c1ccc(CNC(=O)[C@H](O)[C@@H](O)C(=O)N2CCCC2)cc1. The molecule has 0 spiro atoms. The number of nitrogens with one attached hydrogen (secondary N) is 1. The smallest absolute Gasteiger partial charge is 0.254 e. The molecule has 6 heteroatoms. The Balaban J connectivity index is 1.57. The van der Waals surface area contributed by atoms with Crippen molar-refractivity contribution in [2.24, 2.45) is 0 Å². The third kappa shape index (κ3) is 5.26. The number of aliphatic hydroxyl groups excluding tert-OH is 2. The van der Waals surface area contributed by atoms with Gasteiger partial charge in [0, 0.05) is 19.6 Å². The molecule has 1 aliphatic rings. The number of carbonyl (C=O) groups is 2. The summed E-state index contributed by atoms with van der Waals surface area (Å²) in [4.78, 5) is 25.8. The number of hydrogen-bond donors (Lipinski definition) is 3. The summed E-state index contributed by atoms with van der Waals surface area (Å²) >= 11 is 0. The first-order valence-corrected chi connectivity index (χ1v) is 10.6. The van der Waals surface area contributed by atoms with Gasteiger partial charge >= 0.3 is 0 Å². The van der Waals surface area contributed by atoms with E-state index in [0.717, 1.165) is 36.8 Å². The molecular formula is C24H30N2O4. The minimum atomic E-state index is -1.78. The Morgan fingerprint density at radius 3 is 2.33 bits per heavy atom. The molecule has 0 unspecified atom stereocenters. The fraction of sp³-hybridized carbons (Fsp3) is 0.417. The monoisotopic (exact) mass is 410 g/mol. The number of likely N-dealkylation sites (tertiary alicyclic amines) is 1. The maximum absolute atomic E-state index is 12.2. The van der Waals surface area contributed by atoms with E-state index in [-0.39, 0.29) is 6.54 Å². The van der Waals surface area contributed by atoms with Crippen LogP contribution in [0.2, 0.25) is 0 Å². The van der Waals surface area contributed by atoms with Gasteiger partial charge in [-0.05, 0) is 41.5 Å². The lowest BCUT2D eigenvalue weighted by Gasteiger charge is -2.22. The summed E-state index contributed by atoms with van der Waals surface area (Å²) < 4.78 is 0. The molecule has 0 aliphatic carbocycles. The van der Waals surface area contributed by atoms with Gasteiger partial charge in [0.05, 0.1) is 0 Å². The molecule has 6 nitrogen and oxygen atoms in total. The topological polar surface area (TPSA) is 89.9 Å². The van der Waals surface area contributed by atoms with Gasteiger partial charge in [-0.15, -0.1) is 0 Å². The summed E-state index contributed by atoms with van der Waals surface area (Å²) in [5.74, 6) is -1.35. The van der Waals surface area contributed by atoms with E-state index in [2.05, 4.69) is 24.4 Å². The van der Waals surface area contributed by atoms with Crippen LogP contribution in [0.1, 0.15) is 37.3 Å². The van der Waals surface area contributed by atoms with Crippen molar-refractivity contribution in [3.8, 4) is 11.1 Å². The molecule has 3 rings (SSSR count). The van der Waals surface area contributed by atoms with Crippen LogP contribution in [0, 0.1) is 0 Å². The summed E-state index contributed by atoms with van der Waals surface area (Å²) in [6, 6.07) is 16.2. The summed E-state index contributed by atoms with van der Waals surface area (Å²) in [6.45, 7) is 3.47. The van der Waals surface area contributed by atoms with Crippen molar-refractivity contribution >= 4 is 11.8 Å². The van der Waals surface area contributed by atoms with E-state index in [4.69, 9.17) is 0 Å². The highest BCUT2D eigenvalue weighted by Crippen LogP contribution is 2.25. The number of carbonyl (C=O) groups excluding carboxylic acids is 2. The first-order chi connectivity index (χ1) is 14.5. The van der Waals surface area contributed by atoms with Crippen molar-refractivity contribution < 1.29 is 19.8 Å². The summed E-state index contributed by atoms with van der Waals surface area (Å²) in [6.07, 6.45) is 0.332. The zero-order chi connectivity index (χ0) is 21.5. The third-order valence-corrected chi connectivity index (χ3v) is 5.51. The van der Waals surface area contributed by atoms with Crippen molar-refractivity contribution in [1.82, 2.24) is 10.2 Å². The molecule has 2 atom stereocenters. The third-order valence-electron chi connectivity index (χ3n) is 5.51. The second-order valence-corrected chi connectivity index (χ2v) is 7.74. The number of hydrogen-bond acceptors (Lipinski definition) is 4. The van der Waals surface area contributed by atoms with E-state index in [1.54, 1.807) is 0 Å². The summed E-state index contributed by atoms with van der Waals surface area (Å²) in [5, 5.41) is 22.7. The highest BCUT2D eigenvalue weighted by molar-refractivity contribution is 5.90. The van der Waals surface area contributed by atoms with Gasteiger partial charge in [-0.1, -0.05) is 61.9 Å². The van der Waals surface area contributed by atoms with E-state index >= 15 is 0 Å². The number of nitrogens with zero attached hydrogens (tertiary/aromatic N) is 1. The normalized spacial score (nSPS) is 15.6. The average Bonchev–Trinajstić information content (AvgIpc) is 3.32. The molecule has 2 aromatic carbocycles. The molecule has 3 N–H and O–H groups in total. The maximum atomic E-state index is 12.2. The van der Waals surface area contributed by atoms with Crippen LogP contribution in [-0.2, 0) is 22.6 Å². The van der Waals surface area contributed by atoms with Gasteiger partial charge in [-0.3, -0.25) is 9.59 Å². The van der Waals surface area contributed by atoms with Gasteiger partial charge in [0.2, 0.25) is 0 Å². The quantitative estimate of drug-likeness (QED) is 0.623. The average molecular weight is 411 g/mol. The Bertz CT molecular complexity index is 860. The molecule has 0 radical (unpaired) electrons. The van der Waals surface area contributed by atoms with Crippen molar-refractivity contribution in [2.75, 3.05) is 13.1 Å². The lowest BCUT2D eigenvalue weighted by molar-refractivity contribution is -0.152. The predicted molar refractivity (Wildman–Crippen MR) is 116 cm³/mol. The van der Waals surface area contributed by atoms with Gasteiger partial charge in [-0.2, -0.15) is 0 Å². The standard InChI is InChI=1S/C24H30N2O4/c1-2-7-18-8-3-4-9-20(18)19-12-10-17(11-13-19)16-25-23(29)21(27)22(28)24(30)26-14-5-6-15-26/h3-4,8-13,21-22,27-28H,2,5-7,14-16H2,1H3,(H,25,29)/t21-,22-/m1/s1. The van der Waals surface area contributed by atoms with Crippen LogP contribution < -0.4 is 5.32 Å². The second-order valence-electron chi connectivity index (χ2n) is 7.74. The first-order valence-electron chi connectivity index (χ1n) is 10.6. The van der Waals surface area contributed by atoms with Crippen LogP contribution in [0.25, 0.3) is 11.1 Å². The number of aryl methyl sites for hydroxylation is 1. The van der Waals surface area contributed by atoms with Crippen LogP contribution >= 0.6 is 0 Å². The molecule has 1 aliphatic heterocycles. The van der Waals surface area contributed by atoms with Crippen molar-refractivity contribution in [1.29, 1.82) is 0 Å². The number of benzene rings is 2. The van der Waals surface area contributed by atoms with Gasteiger partial charge < -0.3 is 20.4 Å². The molecule has 2 aromatic rings. The molecule has 1 saturated heterocycles. The fourth-order valence-electron chi connectivity index (χ4n) is 3.79. The van der Waals surface area contributed by atoms with Crippen LogP contribution in [0.4, 0.5) is 0 Å². The van der Waals surface area contributed by atoms with Gasteiger partial charge in [0.1, 0.15) is 0 Å². The van der Waals surface area contributed by atoms with Crippen LogP contribution in [0.15, 0.2) is 48.5 Å². The van der Waals surface area contributed by atoms with Crippen LogP contribution in [0.3, 0.4) is 0 Å². The minimum Gasteiger partial charge on any atom is -0.380 e. The maximum Gasteiger partial charge on any atom is 0.254 e. The largest absolute Gasteiger partial charge is 0.380 e. The van der Waals surface area contributed by atoms with Crippen LogP contribution in [-0.4, -0.2) is 52.2 Å². The molecule has 0 saturated carbocycles.